The standard InChI is InChI=1S/C43H69NO12.C43H4.H3NO12.32H2/c1-10-30-20-25(3)37(47)26(4)21-35(53-8)39-36(54-9)22-28(6)43(51,56-39)40(48)41(49)44-18-12-11-13-31(44)42(50)55-38(24(2)14-16-32(30)45)27(5)19-29-15-17-33(46)34(23-29)52-7;1-3-5-7-9-11-13-15-17-19-21-23-25-27-29-31-33-35-37-39-41-43-42-40-38-36-34-32-30-28-26-24-22-20-18-16-14-12-10-8-6-4-2;2-6-10-12-8-4-1-5-9-13-11-7-3;;;;;;;;;;;;;;;;;;;;;;;;;;;;;;;;/h19-20,24,26,28-31,33-39,46-47,51H,10-18,21-23H2,1-9H3;1H,2H3;1-3H;32*1H/b25-20+,27-19+;;;;;;;;;;;;;;;;;;;;;;;;;;;;;;;;;;/t24-,26-,28-,29+,30-,31+,33-,34-,35+,36+,37?,38+,39-,43-;;;;;;;;;;;;;;;;;;;;;;;;;;;;;;;;;;/m1................................../s1. The topological polar surface area (TPSA) is 323 Å². The molecule has 3 heterocycles. The van der Waals surface area contributed by atoms with Gasteiger partial charge in [0.05, 0.1) is 30.5 Å². The molecule has 0 radical (unpaired) electrons. The molecule has 112 heavy (non-hydrogen) atoms. The molecule has 1 unspecified atom stereocenters. The molecule has 1 amide bonds. The number of nitrogens with zero attached hydrogens (tertiary/aromatic N) is 1. The maximum absolute atomic E-state index is 14.3. The van der Waals surface area contributed by atoms with Crippen LogP contribution in [0, 0.1) is 279 Å². The Balaban J connectivity index is -0.0000000459. The zero-order valence-corrected chi connectivity index (χ0v) is 62.7. The first-order valence-corrected chi connectivity index (χ1v) is 33.7. The highest BCUT2D eigenvalue weighted by Gasteiger charge is 2.57. The smallest absolute Gasteiger partial charge is 0.329 e. The Morgan fingerprint density at radius 3 is 1.42 bits per heavy atom. The van der Waals surface area contributed by atoms with Gasteiger partial charge in [0.2, 0.25) is 5.79 Å². The predicted octanol–water partition coefficient (Wildman–Crippen LogP) is 11.9. The number of Topliss-reactive ketones (excluding diaryl/α,β-unsaturated/α-hetero) is 2. The maximum atomic E-state index is 14.3. The second-order valence-corrected chi connectivity index (χ2v) is 23.1. The third kappa shape index (κ3) is 39.7. The third-order valence-electron chi connectivity index (χ3n) is 15.9. The quantitative estimate of drug-likeness (QED) is 0.0159. The number of aliphatic hydroxyl groups is 3. The number of ether oxygens (including phenoxy) is 5. The molecule has 26 nitrogen and oxygen atoms in total. The zero-order valence-electron chi connectivity index (χ0n) is 62.7. The number of esters is 1. The van der Waals surface area contributed by atoms with E-state index in [1.807, 2.05) is 33.8 Å². The molecule has 4 rings (SSSR count). The molecule has 14 atom stereocenters. The van der Waals surface area contributed by atoms with Crippen molar-refractivity contribution < 1.29 is 165 Å². The van der Waals surface area contributed by atoms with Crippen LogP contribution in [0.15, 0.2) is 23.3 Å². The molecule has 0 aromatic heterocycles. The number of aliphatic hydroxyl groups excluding tert-OH is 2. The molecule has 0 aromatic rings. The normalized spacial score (nSPS) is 23.5. The fraction of sp³-hybridized carbons (Fsp3) is 0.419. The van der Waals surface area contributed by atoms with E-state index in [4.69, 9.17) is 40.6 Å². The summed E-state index contributed by atoms with van der Waals surface area (Å²) in [6.07, 6.45) is 8.94. The Kier molecular flexibility index (Phi) is 51.8. The second-order valence-electron chi connectivity index (χ2n) is 23.1. The molecule has 0 aromatic carbocycles. The van der Waals surface area contributed by atoms with E-state index in [1.54, 1.807) is 27.9 Å². The number of amides is 1. The Labute approximate surface area is 701 Å². The first-order valence-electron chi connectivity index (χ1n) is 33.7. The minimum Gasteiger partial charge on any atom is -0.456 e. The summed E-state index contributed by atoms with van der Waals surface area (Å²) < 4.78 is 29.7. The van der Waals surface area contributed by atoms with Crippen LogP contribution in [0.3, 0.4) is 0 Å². The van der Waals surface area contributed by atoms with Crippen LogP contribution >= 0.6 is 0 Å². The average molecular weight is 1590 g/mol. The number of carbonyl (C=O) groups excluding carboxylic acids is 4. The highest BCUT2D eigenvalue weighted by Crippen LogP contribution is 2.39. The van der Waals surface area contributed by atoms with Gasteiger partial charge >= 0.3 is 5.97 Å². The van der Waals surface area contributed by atoms with E-state index in [1.165, 1.54) is 24.8 Å². The molecule has 0 spiro atoms. The Hall–Kier alpha value is -12.3. The Morgan fingerprint density at radius 1 is 0.580 bits per heavy atom. The van der Waals surface area contributed by atoms with Crippen LogP contribution in [0.2, 0.25) is 0 Å². The Morgan fingerprint density at radius 2 is 1.01 bits per heavy atom. The van der Waals surface area contributed by atoms with E-state index in [9.17, 15) is 34.5 Å². The van der Waals surface area contributed by atoms with Crippen LogP contribution in [-0.4, -0.2) is 137 Å². The number of fused-ring (bicyclic) bond motifs is 3. The fourth-order valence-corrected chi connectivity index (χ4v) is 10.7. The van der Waals surface area contributed by atoms with Crippen molar-refractivity contribution >= 4 is 23.4 Å². The molecule has 3 aliphatic heterocycles. The third-order valence-corrected chi connectivity index (χ3v) is 15.9. The molecular weight excluding hydrogens is 1440 g/mol. The molecule has 1 saturated carbocycles. The molecule has 3 fully saturated rings. The number of hydrogen-bond acceptors (Lipinski definition) is 25. The number of carbonyl (C=O) groups is 4. The van der Waals surface area contributed by atoms with Gasteiger partial charge in [0, 0.05) is 234 Å². The molecule has 4 aliphatic rings. The number of nitrogens with one attached hydrogen (secondary N) is 1. The summed E-state index contributed by atoms with van der Waals surface area (Å²) in [4.78, 5) is 64.9. The summed E-state index contributed by atoms with van der Waals surface area (Å²) >= 11 is 0. The molecule has 6 N–H and O–H groups in total. The van der Waals surface area contributed by atoms with Gasteiger partial charge in [0.1, 0.15) is 24.0 Å². The first-order chi connectivity index (χ1) is 54.3. The number of methoxy groups -OCH3 is 3. The molecule has 2 saturated heterocycles. The monoisotopic (exact) mass is 1580 g/mol. The first kappa shape index (κ1) is 95.8. The van der Waals surface area contributed by atoms with Crippen molar-refractivity contribution in [2.24, 2.45) is 29.6 Å². The van der Waals surface area contributed by atoms with E-state index >= 15 is 0 Å². The minimum absolute atomic E-state index is 0. The lowest BCUT2D eigenvalue weighted by molar-refractivity contribution is -0.792. The summed E-state index contributed by atoms with van der Waals surface area (Å²) in [6.45, 7) is 12.9. The van der Waals surface area contributed by atoms with Crippen LogP contribution in [-0.2, 0) is 93.1 Å². The van der Waals surface area contributed by atoms with Crippen molar-refractivity contribution in [3.05, 3.63) is 23.3 Å². The highest BCUT2D eigenvalue weighted by atomic mass is 17.9. The van der Waals surface area contributed by atoms with Crippen LogP contribution in [0.5, 0.6) is 0 Å². The molecule has 638 valence electrons. The largest absolute Gasteiger partial charge is 0.456 e. The number of cyclic esters (lactones) is 1. The summed E-state index contributed by atoms with van der Waals surface area (Å²) in [7, 11) is 4.56. The summed E-state index contributed by atoms with van der Waals surface area (Å²) in [5, 5.41) is 74.8. The van der Waals surface area contributed by atoms with E-state index in [-0.39, 0.29) is 108 Å². The van der Waals surface area contributed by atoms with Gasteiger partial charge in [-0.3, -0.25) is 14.4 Å². The predicted molar refractivity (Wildman–Crippen MR) is 465 cm³/mol. The summed E-state index contributed by atoms with van der Waals surface area (Å²) in [5.74, 6) is 94.6. The van der Waals surface area contributed by atoms with Crippen LogP contribution in [0.1, 0.15) is 165 Å². The fourth-order valence-electron chi connectivity index (χ4n) is 10.7. The van der Waals surface area contributed by atoms with Gasteiger partial charge in [-0.05, 0) is 255 Å². The van der Waals surface area contributed by atoms with Crippen molar-refractivity contribution in [1.82, 2.24) is 10.5 Å². The maximum Gasteiger partial charge on any atom is 0.329 e. The van der Waals surface area contributed by atoms with Crippen molar-refractivity contribution in [2.45, 2.75) is 174 Å². The van der Waals surface area contributed by atoms with Crippen LogP contribution in [0.25, 0.3) is 0 Å². The SMILES string of the molecule is C#CC#CC#CC#CC#CC#CC#CC#CC#CC#CC#CC#CC#CC#CC#CC#CC#CC#CC#CC#CC#CC.CC[C@@H]1/C=C(\C)C(O)[C@H](C)C[C@H](OC)[C@H]2O[C@@](O)(C(=O)C(=O)N3CCCC[C@H]3C(=O)O[C@H](/C(C)=C/[C@@H]3CC[C@@H](O)[C@H](OC)C3)[C@H](C)CCC1=O)[C@H](C)C[C@@H]2OC.OOOOOONOOOOOO.[HH].[HH].[HH].[HH].[HH].[HH].[HH].[HH].[HH].[HH].[HH].[HH].[HH].[HH].[HH].[HH].[HH].[HH].[HH].[HH].[HH].[HH].[HH].[HH].[HH].[HH].[HH].[HH].[HH].[HH].[HH].[HH]. The van der Waals surface area contributed by atoms with Crippen LogP contribution < -0.4 is 5.64 Å². The zero-order chi connectivity index (χ0) is 82.3. The molecular formula is C86H140N2O24. The lowest BCUT2D eigenvalue weighted by Crippen LogP contribution is -2.64. The highest BCUT2D eigenvalue weighted by molar-refractivity contribution is 6.39. The number of rotatable bonds is 16. The molecule has 1 aliphatic carbocycles. The van der Waals surface area contributed by atoms with E-state index in [2.05, 4.69) is 299 Å². The number of terminal acetylenes is 1. The van der Waals surface area contributed by atoms with Crippen molar-refractivity contribution in [1.29, 1.82) is 0 Å². The number of allylic oxidation sites excluding steroid dienone is 2. The summed E-state index contributed by atoms with van der Waals surface area (Å²) in [5.41, 5.74) is 2.81. The van der Waals surface area contributed by atoms with Gasteiger partial charge in [-0.15, -0.1) is 6.42 Å². The lowest BCUT2D eigenvalue weighted by Gasteiger charge is -2.47. The molecule has 2 bridgehead atoms. The second kappa shape index (κ2) is 60.6. The van der Waals surface area contributed by atoms with Gasteiger partial charge in [0.25, 0.3) is 11.7 Å². The van der Waals surface area contributed by atoms with Gasteiger partial charge in [-0.25, -0.2) is 15.3 Å². The van der Waals surface area contributed by atoms with E-state index in [0.29, 0.717) is 44.1 Å². The van der Waals surface area contributed by atoms with E-state index < -0.39 is 77.9 Å². The average Bonchev–Trinajstić information content (AvgIpc) is 0.771. The lowest BCUT2D eigenvalue weighted by atomic mass is 9.81. The van der Waals surface area contributed by atoms with Crippen LogP contribution in [0.4, 0.5) is 0 Å². The van der Waals surface area contributed by atoms with Gasteiger partial charge in [-0.2, -0.15) is 0 Å². The van der Waals surface area contributed by atoms with Gasteiger partial charge in [-0.1, -0.05) is 55.7 Å². The molecule has 26 heteroatoms. The number of piperidine rings is 1. The van der Waals surface area contributed by atoms with Crippen molar-refractivity contribution in [2.75, 3.05) is 27.9 Å². The van der Waals surface area contributed by atoms with E-state index in [0.717, 1.165) is 12.0 Å². The van der Waals surface area contributed by atoms with Crippen molar-refractivity contribution in [3.63, 3.8) is 0 Å². The number of ketones is 2. The number of hydrogen-bond donors (Lipinski definition) is 6. The minimum atomic E-state index is -2.53. The van der Waals surface area contributed by atoms with Crippen molar-refractivity contribution in [3.8, 4) is 249 Å². The Bertz CT molecular complexity index is 4850. The van der Waals surface area contributed by atoms with Gasteiger partial charge in [0.15, 0.2) is 0 Å². The summed E-state index contributed by atoms with van der Waals surface area (Å²) in [6, 6.07) is -1.07. The van der Waals surface area contributed by atoms with Gasteiger partial charge < -0.3 is 43.9 Å².